The van der Waals surface area contributed by atoms with Crippen LogP contribution < -0.4 is 4.74 Å². The summed E-state index contributed by atoms with van der Waals surface area (Å²) in [7, 11) is 1.66. The van der Waals surface area contributed by atoms with Crippen molar-refractivity contribution < 1.29 is 14.3 Å². The molecular formula is C23H21N3O3S. The van der Waals surface area contributed by atoms with Crippen LogP contribution in [0.4, 0.5) is 0 Å². The van der Waals surface area contributed by atoms with Crippen LogP contribution >= 0.6 is 11.3 Å². The Kier molecular flexibility index (Phi) is 4.98. The minimum Gasteiger partial charge on any atom is -0.497 e. The monoisotopic (exact) mass is 419 g/mol. The third kappa shape index (κ3) is 3.36. The summed E-state index contributed by atoms with van der Waals surface area (Å²) in [6, 6.07) is 15.7. The van der Waals surface area contributed by atoms with Crippen molar-refractivity contribution in [3.05, 3.63) is 65.7 Å². The first-order valence-corrected chi connectivity index (χ1v) is 10.7. The van der Waals surface area contributed by atoms with E-state index in [1.165, 1.54) is 0 Å². The second kappa shape index (κ2) is 7.93. The third-order valence-electron chi connectivity index (χ3n) is 5.33. The molecule has 0 radical (unpaired) electrons. The molecule has 1 aliphatic heterocycles. The molecule has 7 heteroatoms. The van der Waals surface area contributed by atoms with E-state index in [9.17, 15) is 4.79 Å². The maximum atomic E-state index is 13.1. The molecule has 0 atom stereocenters. The van der Waals surface area contributed by atoms with E-state index in [0.29, 0.717) is 31.9 Å². The Bertz CT molecular complexity index is 1190. The number of amides is 1. The number of fused-ring (bicyclic) bond motifs is 1. The zero-order chi connectivity index (χ0) is 20.5. The van der Waals surface area contributed by atoms with Gasteiger partial charge in [-0.1, -0.05) is 18.2 Å². The maximum Gasteiger partial charge on any atom is 0.254 e. The Labute approximate surface area is 178 Å². The lowest BCUT2D eigenvalue weighted by atomic mass is 10.0. The Hall–Kier alpha value is -3.16. The minimum atomic E-state index is 0.0284. The zero-order valence-electron chi connectivity index (χ0n) is 16.6. The summed E-state index contributed by atoms with van der Waals surface area (Å²) in [4.78, 5) is 20.7. The number of thiazole rings is 1. The van der Waals surface area contributed by atoms with Gasteiger partial charge in [0.25, 0.3) is 5.91 Å². The number of hydrogen-bond donors (Lipinski definition) is 0. The third-order valence-corrected chi connectivity index (χ3v) is 6.17. The first kappa shape index (κ1) is 18.8. The molecule has 2 aromatic carbocycles. The second-order valence-corrected chi connectivity index (χ2v) is 7.91. The lowest BCUT2D eigenvalue weighted by Gasteiger charge is -2.27. The van der Waals surface area contributed by atoms with Gasteiger partial charge in [-0.05, 0) is 35.9 Å². The van der Waals surface area contributed by atoms with Crippen LogP contribution in [0.25, 0.3) is 27.5 Å². The highest BCUT2D eigenvalue weighted by molar-refractivity contribution is 7.15. The smallest absolute Gasteiger partial charge is 0.254 e. The number of carbonyl (C=O) groups excluding carboxylic acids is 1. The molecule has 152 valence electrons. The van der Waals surface area contributed by atoms with Gasteiger partial charge in [0.1, 0.15) is 5.75 Å². The summed E-state index contributed by atoms with van der Waals surface area (Å²) in [5.74, 6) is 0.854. The summed E-state index contributed by atoms with van der Waals surface area (Å²) in [5, 5.41) is 2.10. The molecule has 1 fully saturated rings. The summed E-state index contributed by atoms with van der Waals surface area (Å²) < 4.78 is 12.7. The second-order valence-electron chi connectivity index (χ2n) is 7.08. The highest BCUT2D eigenvalue weighted by Gasteiger charge is 2.22. The van der Waals surface area contributed by atoms with Crippen molar-refractivity contribution in [3.8, 4) is 28.3 Å². The van der Waals surface area contributed by atoms with Crippen molar-refractivity contribution in [2.24, 2.45) is 0 Å². The van der Waals surface area contributed by atoms with E-state index in [1.54, 1.807) is 18.4 Å². The van der Waals surface area contributed by atoms with Crippen molar-refractivity contribution in [2.75, 3.05) is 33.4 Å². The lowest BCUT2D eigenvalue weighted by Crippen LogP contribution is -2.40. The highest BCUT2D eigenvalue weighted by Crippen LogP contribution is 2.31. The molecule has 0 aliphatic carbocycles. The van der Waals surface area contributed by atoms with Crippen LogP contribution in [-0.4, -0.2) is 53.6 Å². The molecule has 2 aromatic heterocycles. The van der Waals surface area contributed by atoms with E-state index < -0.39 is 0 Å². The van der Waals surface area contributed by atoms with Crippen molar-refractivity contribution in [2.45, 2.75) is 0 Å². The summed E-state index contributed by atoms with van der Waals surface area (Å²) >= 11 is 1.59. The maximum absolute atomic E-state index is 13.1. The molecule has 1 aliphatic rings. The van der Waals surface area contributed by atoms with Gasteiger partial charge in [0.15, 0.2) is 4.96 Å². The van der Waals surface area contributed by atoms with Crippen LogP contribution in [0, 0.1) is 0 Å². The van der Waals surface area contributed by atoms with Gasteiger partial charge in [-0.15, -0.1) is 11.3 Å². The van der Waals surface area contributed by atoms with Crippen LogP contribution in [0.5, 0.6) is 5.75 Å². The molecule has 1 saturated heterocycles. The van der Waals surface area contributed by atoms with Crippen LogP contribution in [0.3, 0.4) is 0 Å². The number of carbonyl (C=O) groups is 1. The minimum absolute atomic E-state index is 0.0284. The molecule has 4 aromatic rings. The number of ether oxygens (including phenoxy) is 2. The number of morpholine rings is 1. The molecule has 6 nitrogen and oxygen atoms in total. The number of benzene rings is 2. The highest BCUT2D eigenvalue weighted by atomic mass is 32.1. The SMILES string of the molecule is COc1ccc(-c2csc3nc(-c4ccccc4C(=O)N4CCOCC4)cn23)cc1. The number of imidazole rings is 1. The first-order valence-electron chi connectivity index (χ1n) is 9.82. The Morgan fingerprint density at radius 3 is 2.63 bits per heavy atom. The van der Waals surface area contributed by atoms with E-state index >= 15 is 0 Å². The van der Waals surface area contributed by atoms with Crippen molar-refractivity contribution >= 4 is 22.2 Å². The van der Waals surface area contributed by atoms with Crippen LogP contribution in [-0.2, 0) is 4.74 Å². The number of rotatable bonds is 4. The Morgan fingerprint density at radius 2 is 1.87 bits per heavy atom. The van der Waals surface area contributed by atoms with Gasteiger partial charge in [-0.3, -0.25) is 9.20 Å². The number of aromatic nitrogens is 2. The molecule has 1 amide bonds. The van der Waals surface area contributed by atoms with E-state index in [1.807, 2.05) is 59.6 Å². The van der Waals surface area contributed by atoms with Gasteiger partial charge in [-0.2, -0.15) is 0 Å². The van der Waals surface area contributed by atoms with Gasteiger partial charge < -0.3 is 14.4 Å². The molecule has 0 unspecified atom stereocenters. The molecule has 30 heavy (non-hydrogen) atoms. The van der Waals surface area contributed by atoms with Crippen molar-refractivity contribution in [1.29, 1.82) is 0 Å². The van der Waals surface area contributed by atoms with Crippen molar-refractivity contribution in [3.63, 3.8) is 0 Å². The fraction of sp³-hybridized carbons (Fsp3) is 0.217. The lowest BCUT2D eigenvalue weighted by molar-refractivity contribution is 0.0303. The standard InChI is InChI=1S/C23H21N3O3S/c1-28-17-8-6-16(7-9-17)21-15-30-23-24-20(14-26(21)23)18-4-2-3-5-19(18)22(27)25-10-12-29-13-11-25/h2-9,14-15H,10-13H2,1H3. The number of hydrogen-bond acceptors (Lipinski definition) is 5. The normalized spacial score (nSPS) is 14.2. The van der Waals surface area contributed by atoms with E-state index in [4.69, 9.17) is 14.5 Å². The summed E-state index contributed by atoms with van der Waals surface area (Å²) in [5.41, 5.74) is 4.48. The van der Waals surface area contributed by atoms with E-state index in [2.05, 4.69) is 9.78 Å². The Balaban J connectivity index is 1.53. The predicted octanol–water partition coefficient (Wildman–Crippen LogP) is 4.21. The van der Waals surface area contributed by atoms with E-state index in [-0.39, 0.29) is 5.91 Å². The Morgan fingerprint density at radius 1 is 1.10 bits per heavy atom. The largest absolute Gasteiger partial charge is 0.497 e. The van der Waals surface area contributed by atoms with Gasteiger partial charge in [-0.25, -0.2) is 4.98 Å². The fourth-order valence-electron chi connectivity index (χ4n) is 3.71. The van der Waals surface area contributed by atoms with Gasteiger partial charge >= 0.3 is 0 Å². The zero-order valence-corrected chi connectivity index (χ0v) is 17.4. The summed E-state index contributed by atoms with van der Waals surface area (Å²) in [6.45, 7) is 2.40. The molecule has 0 N–H and O–H groups in total. The molecule has 3 heterocycles. The van der Waals surface area contributed by atoms with Crippen LogP contribution in [0.15, 0.2) is 60.1 Å². The van der Waals surface area contributed by atoms with Crippen LogP contribution in [0.2, 0.25) is 0 Å². The van der Waals surface area contributed by atoms with Gasteiger partial charge in [0.05, 0.1) is 31.7 Å². The topological polar surface area (TPSA) is 56.1 Å². The van der Waals surface area contributed by atoms with Crippen molar-refractivity contribution in [1.82, 2.24) is 14.3 Å². The number of nitrogens with zero attached hydrogens (tertiary/aromatic N) is 3. The van der Waals surface area contributed by atoms with Gasteiger partial charge in [0, 0.05) is 35.8 Å². The van der Waals surface area contributed by atoms with Crippen LogP contribution in [0.1, 0.15) is 10.4 Å². The average molecular weight is 420 g/mol. The average Bonchev–Trinajstić information content (AvgIpc) is 3.40. The molecule has 0 spiro atoms. The van der Waals surface area contributed by atoms with E-state index in [0.717, 1.165) is 33.2 Å². The fourth-order valence-corrected chi connectivity index (χ4v) is 4.60. The first-order chi connectivity index (χ1) is 14.7. The molecule has 0 bridgehead atoms. The molecule has 5 rings (SSSR count). The quantitative estimate of drug-likeness (QED) is 0.497. The molecule has 0 saturated carbocycles. The predicted molar refractivity (Wildman–Crippen MR) is 117 cm³/mol. The molecular weight excluding hydrogens is 398 g/mol. The number of methoxy groups -OCH3 is 1. The summed E-state index contributed by atoms with van der Waals surface area (Å²) in [6.07, 6.45) is 2.01. The van der Waals surface area contributed by atoms with Gasteiger partial charge in [0.2, 0.25) is 0 Å².